The molecular weight excluding hydrogens is 1790 g/mol. The van der Waals surface area contributed by atoms with Crippen LogP contribution in [0, 0.1) is 23.1 Å². The Bertz CT molecular complexity index is 4650. The molecule has 46 heteroatoms. The first-order valence-electron chi connectivity index (χ1n) is 45.1. The first kappa shape index (κ1) is 113. The first-order valence-corrected chi connectivity index (χ1v) is 45.5. The number of hydrogen-bond acceptors (Lipinski definition) is 27. The predicted octanol–water partition coefficient (Wildman–Crippen LogP) is 4.17. The number of rotatable bonds is 73. The van der Waals surface area contributed by atoms with Gasteiger partial charge in [-0.2, -0.15) is 10.4 Å². The molecule has 18 N–H and O–H groups in total. The van der Waals surface area contributed by atoms with Crippen molar-refractivity contribution in [2.24, 2.45) is 11.7 Å². The number of hydrogen-bond donors (Lipinski definition) is 17. The summed E-state index contributed by atoms with van der Waals surface area (Å²) >= 11 is 6.12. The van der Waals surface area contributed by atoms with Crippen molar-refractivity contribution in [2.75, 3.05) is 104 Å². The quantitative estimate of drug-likeness (QED) is 0.0192. The lowest BCUT2D eigenvalue weighted by atomic mass is 10.0. The highest BCUT2D eigenvalue weighted by atomic mass is 35.5. The van der Waals surface area contributed by atoms with Crippen LogP contribution >= 0.6 is 11.6 Å². The lowest BCUT2D eigenvalue weighted by Crippen LogP contribution is -2.56. The summed E-state index contributed by atoms with van der Waals surface area (Å²) in [6.45, 7) is 1.52. The number of anilines is 1. The average Bonchev–Trinajstić information content (AvgIpc) is 1.63. The van der Waals surface area contributed by atoms with Gasteiger partial charge in [-0.05, 0) is 118 Å². The Morgan fingerprint density at radius 3 is 1.59 bits per heavy atom. The molecule has 0 fully saturated rings. The topological polar surface area (TPSA) is 643 Å². The Kier molecular flexibility index (Phi) is 54.6. The fourth-order valence-electron chi connectivity index (χ4n) is 13.4. The second-order valence-corrected chi connectivity index (χ2v) is 32.4. The second-order valence-electron chi connectivity index (χ2n) is 32.0. The Balaban J connectivity index is 0.867. The molecule has 6 atom stereocenters. The number of carboxylic acids is 4. The summed E-state index contributed by atoms with van der Waals surface area (Å²) in [6.07, 6.45) is 15.1. The number of carboxylic acid groups (broad SMARTS) is 4. The highest BCUT2D eigenvalue weighted by Gasteiger charge is 2.31. The van der Waals surface area contributed by atoms with E-state index in [1.165, 1.54) is 28.9 Å². The first-order chi connectivity index (χ1) is 64.9. The number of nitriles is 1. The molecule has 135 heavy (non-hydrogen) atoms. The van der Waals surface area contributed by atoms with Crippen molar-refractivity contribution < 1.29 is 130 Å². The van der Waals surface area contributed by atoms with E-state index in [0.29, 0.717) is 65.4 Å². The van der Waals surface area contributed by atoms with Gasteiger partial charge in [-0.3, -0.25) is 58.1 Å². The van der Waals surface area contributed by atoms with Crippen LogP contribution in [0.2, 0.25) is 5.02 Å². The van der Waals surface area contributed by atoms with Crippen molar-refractivity contribution in [3.8, 4) is 28.7 Å². The number of imidazole rings is 2. The van der Waals surface area contributed by atoms with Gasteiger partial charge < -0.3 is 117 Å². The van der Waals surface area contributed by atoms with E-state index in [-0.39, 0.29) is 147 Å². The minimum Gasteiger partial charge on any atom is -0.481 e. The Labute approximate surface area is 785 Å². The largest absolute Gasteiger partial charge is 0.481 e. The minimum atomic E-state index is -1.61. The number of aliphatic hydroxyl groups excluding tert-OH is 1. The SMILES string of the molecule is CC(C)C[C@H](NC(=O)COCCOCCNC(=O)COCCOCCNC(=O)CC[C@H](NC(=O)CC[C@H](NC(=O)CC[C@H](NC(=O)CCCCCCCCCCCCCCCCC(=O)O)C(=O)O)C(=O)O)C(=O)O)C(=O)N[C@@H](CO)C(=O)NCC(=O)N[C@@H](CCCCN)C(=O)Nc1ccc(COC(=O)NCOCCn2cnc(-c3ccc(F)c(Cl)c3)c2-c2ccc3ncc(C#N)n3n2)cc1. The number of ether oxygens (including phenoxy) is 6. The normalized spacial score (nSPS) is 12.5. The van der Waals surface area contributed by atoms with Crippen molar-refractivity contribution in [3.63, 3.8) is 0 Å². The van der Waals surface area contributed by atoms with Gasteiger partial charge in [-0.1, -0.05) is 115 Å². The van der Waals surface area contributed by atoms with E-state index in [4.69, 9.17) is 50.9 Å². The molecule has 0 radical (unpaired) electrons. The number of nitrogens with zero attached hydrogens (tertiary/aromatic N) is 6. The van der Waals surface area contributed by atoms with E-state index in [2.05, 4.69) is 73.6 Å². The van der Waals surface area contributed by atoms with Crippen LogP contribution in [-0.2, 0) is 109 Å². The molecular formula is C89H128ClFN18O26. The Morgan fingerprint density at radius 2 is 1.04 bits per heavy atom. The molecule has 0 saturated carbocycles. The van der Waals surface area contributed by atoms with Crippen molar-refractivity contribution >= 4 is 112 Å². The number of nitrogens with one attached hydrogen (secondary N) is 11. The second kappa shape index (κ2) is 65.2. The van der Waals surface area contributed by atoms with Gasteiger partial charge in [-0.25, -0.2) is 38.1 Å². The number of aliphatic hydroxyl groups is 1. The van der Waals surface area contributed by atoms with Gasteiger partial charge in [0.15, 0.2) is 11.3 Å². The average molecular weight is 1920 g/mol. The highest BCUT2D eigenvalue weighted by molar-refractivity contribution is 6.31. The van der Waals surface area contributed by atoms with Gasteiger partial charge in [0.2, 0.25) is 59.1 Å². The van der Waals surface area contributed by atoms with Crippen molar-refractivity contribution in [1.82, 2.24) is 77.3 Å². The van der Waals surface area contributed by atoms with E-state index >= 15 is 0 Å². The van der Waals surface area contributed by atoms with Gasteiger partial charge in [0, 0.05) is 63.0 Å². The molecule has 0 spiro atoms. The highest BCUT2D eigenvalue weighted by Crippen LogP contribution is 2.33. The van der Waals surface area contributed by atoms with Crippen LogP contribution < -0.4 is 64.2 Å². The molecule has 0 unspecified atom stereocenters. The summed E-state index contributed by atoms with van der Waals surface area (Å²) < 4.78 is 49.9. The van der Waals surface area contributed by atoms with Gasteiger partial charge in [0.1, 0.15) is 80.4 Å². The van der Waals surface area contributed by atoms with Gasteiger partial charge in [0.05, 0.1) is 88.3 Å². The molecule has 3 heterocycles. The number of nitrogens with two attached hydrogens (primary N) is 1. The monoisotopic (exact) mass is 1920 g/mol. The number of alkyl carbamates (subject to hydrolysis) is 1. The molecule has 2 aromatic carbocycles. The third kappa shape index (κ3) is 46.9. The van der Waals surface area contributed by atoms with Gasteiger partial charge in [0.25, 0.3) is 0 Å². The van der Waals surface area contributed by atoms with Crippen molar-refractivity contribution in [3.05, 3.63) is 89.2 Å². The zero-order valence-electron chi connectivity index (χ0n) is 76.1. The zero-order chi connectivity index (χ0) is 98.7. The number of aliphatic carboxylic acids is 4. The zero-order valence-corrected chi connectivity index (χ0v) is 76.9. The smallest absolute Gasteiger partial charge is 0.409 e. The van der Waals surface area contributed by atoms with Gasteiger partial charge >= 0.3 is 30.0 Å². The molecule has 5 aromatic rings. The maximum Gasteiger partial charge on any atom is 0.409 e. The maximum absolute atomic E-state index is 14.1. The third-order valence-corrected chi connectivity index (χ3v) is 20.9. The molecule has 0 aliphatic heterocycles. The summed E-state index contributed by atoms with van der Waals surface area (Å²) in [7, 11) is 0. The minimum absolute atomic E-state index is 0.00119. The molecule has 5 rings (SSSR count). The lowest BCUT2D eigenvalue weighted by molar-refractivity contribution is -0.144. The molecule has 11 amide bonds. The number of aromatic nitrogens is 5. The van der Waals surface area contributed by atoms with Crippen molar-refractivity contribution in [2.45, 2.75) is 230 Å². The maximum atomic E-state index is 14.1. The van der Waals surface area contributed by atoms with Crippen LogP contribution in [0.3, 0.4) is 0 Å². The summed E-state index contributed by atoms with van der Waals surface area (Å²) in [5.74, 6) is -13.0. The summed E-state index contributed by atoms with van der Waals surface area (Å²) in [5.41, 5.74) is 9.08. The van der Waals surface area contributed by atoms with E-state index < -0.39 is 170 Å². The number of carbonyl (C=O) groups is 15. The fourth-order valence-corrected chi connectivity index (χ4v) is 13.6. The van der Waals surface area contributed by atoms with E-state index in [9.17, 15) is 102 Å². The Hall–Kier alpha value is -12.5. The Morgan fingerprint density at radius 1 is 0.511 bits per heavy atom. The van der Waals surface area contributed by atoms with Crippen LogP contribution in [0.15, 0.2) is 67.1 Å². The molecule has 0 aliphatic rings. The lowest BCUT2D eigenvalue weighted by Gasteiger charge is -2.23. The number of benzene rings is 2. The molecule has 744 valence electrons. The number of fused-ring (bicyclic) bond motifs is 1. The summed E-state index contributed by atoms with van der Waals surface area (Å²) in [4.78, 5) is 197. The van der Waals surface area contributed by atoms with Crippen LogP contribution in [-0.4, -0.2) is 274 Å². The van der Waals surface area contributed by atoms with Gasteiger partial charge in [-0.15, -0.1) is 0 Å². The van der Waals surface area contributed by atoms with Crippen LogP contribution in [0.1, 0.15) is 192 Å². The van der Waals surface area contributed by atoms with Crippen molar-refractivity contribution in [1.29, 1.82) is 5.26 Å². The molecule has 44 nitrogen and oxygen atoms in total. The standard InChI is InChI=1S/C89H128ClFN18O26/c1-58(2)47-70(85(122)106-71(52-110)83(120)97-51-77(115)101-66(19-17-18-36-92)84(121)100-61-25-22-59(23-26-61)53-135-89(129)99-57-134-42-39-108-56-98-81(60-24-27-64(91)63(90)48-60)82(108)65-28-32-72-96-50-62(49-93)109(72)107-65)105-79(117)55-133-46-44-131-41-38-95-78(116)54-132-45-43-130-40-37-94-73(111)33-29-67(86(123)124)103-75(113)35-31-69(88(127)128)104-76(114)34-30-68(87(125)126)102-74(112)20-15-13-11-9-7-5-3-4-6-8-10-12-14-16-21-80(118)119/h22-28,32,48,50,56,58,66-71,110H,3-21,29-31,33-47,51-55,57,92H2,1-2H3,(H,94,111)(H,95,116)(H,97,120)(H,99,129)(H,100,121)(H,101,115)(H,102,112)(H,103,113)(H,104,114)(H,105,117)(H,106,122)(H,118,119)(H,123,124)(H,125,126)(H,127,128)/t66-,67-,68-,69-,70-,71-/m0/s1. The fraction of sp³-hybridized carbons (Fsp3) is 0.584. The number of amides is 11. The molecule has 3 aromatic heterocycles. The summed E-state index contributed by atoms with van der Waals surface area (Å²) in [6, 6.07) is 7.51. The summed E-state index contributed by atoms with van der Waals surface area (Å²) in [5, 5.41) is 89.2. The number of unbranched alkanes of at least 4 members (excludes halogenated alkanes) is 14. The van der Waals surface area contributed by atoms with E-state index in [1.54, 1.807) is 61.1 Å². The van der Waals surface area contributed by atoms with E-state index in [0.717, 1.165) is 83.5 Å². The number of halogens is 2. The molecule has 0 bridgehead atoms. The molecule has 0 aliphatic carbocycles. The third-order valence-electron chi connectivity index (χ3n) is 20.6. The van der Waals surface area contributed by atoms with Crippen LogP contribution in [0.25, 0.3) is 28.3 Å². The van der Waals surface area contributed by atoms with Crippen LogP contribution in [0.4, 0.5) is 14.9 Å². The number of carbonyl (C=O) groups excluding carboxylic acids is 11. The van der Waals surface area contributed by atoms with E-state index in [1.807, 2.05) is 6.07 Å². The predicted molar refractivity (Wildman–Crippen MR) is 484 cm³/mol. The van der Waals surface area contributed by atoms with Crippen LogP contribution in [0.5, 0.6) is 0 Å². The molecule has 0 saturated heterocycles.